The van der Waals surface area contributed by atoms with Gasteiger partial charge >= 0.3 is 0 Å². The molecule has 0 aliphatic heterocycles. The topological polar surface area (TPSA) is 98.0 Å². The quantitative estimate of drug-likeness (QED) is 0.554. The summed E-state index contributed by atoms with van der Waals surface area (Å²) >= 11 is 0. The van der Waals surface area contributed by atoms with Crippen molar-refractivity contribution in [3.05, 3.63) is 69.8 Å². The fraction of sp³-hybridized carbons (Fsp3) is 0.250. The van der Waals surface area contributed by atoms with E-state index in [9.17, 15) is 4.91 Å². The molecule has 0 spiro atoms. The highest BCUT2D eigenvalue weighted by Crippen LogP contribution is 2.25. The van der Waals surface area contributed by atoms with Crippen molar-refractivity contribution >= 4 is 22.6 Å². The maximum atomic E-state index is 10.8. The molecule has 3 rings (SSSR count). The third kappa shape index (κ3) is 3.48. The van der Waals surface area contributed by atoms with Gasteiger partial charge in [-0.1, -0.05) is 11.2 Å². The third-order valence-corrected chi connectivity index (χ3v) is 4.55. The number of fused-ring (bicyclic) bond motifs is 1. The van der Waals surface area contributed by atoms with Crippen LogP contribution in [0.5, 0.6) is 0 Å². The van der Waals surface area contributed by atoms with Gasteiger partial charge in [-0.05, 0) is 45.0 Å². The van der Waals surface area contributed by atoms with Crippen molar-refractivity contribution in [1.82, 2.24) is 14.4 Å². The van der Waals surface area contributed by atoms with E-state index in [2.05, 4.69) is 20.1 Å². The number of nitrogens with zero attached hydrogens (tertiary/aromatic N) is 5. The van der Waals surface area contributed by atoms with Crippen molar-refractivity contribution in [3.63, 3.8) is 0 Å². The number of rotatable bonds is 5. The molecule has 0 saturated carbocycles. The molecule has 2 N–H and O–H groups in total. The van der Waals surface area contributed by atoms with E-state index in [0.717, 1.165) is 39.6 Å². The average Bonchev–Trinajstić information content (AvgIpc) is 2.97. The maximum absolute atomic E-state index is 10.8. The second-order valence-corrected chi connectivity index (χ2v) is 6.34. The molecule has 3 aromatic heterocycles. The standard InChI is InChI=1S/C20H22N6O/c1-12-6-5-7-16(24-12)20(21)19(14(3)22-4)15-8-9-18-25-13(2)17(10-23-27)26(18)11-15/h5-9,11H,10,21H2,1-4H3. The summed E-state index contributed by atoms with van der Waals surface area (Å²) in [5.74, 6) is 0. The predicted molar refractivity (Wildman–Crippen MR) is 108 cm³/mol. The van der Waals surface area contributed by atoms with Gasteiger partial charge in [0.15, 0.2) is 0 Å². The zero-order valence-electron chi connectivity index (χ0n) is 15.9. The molecule has 7 heteroatoms. The molecule has 27 heavy (non-hydrogen) atoms. The zero-order chi connectivity index (χ0) is 19.6. The highest BCUT2D eigenvalue weighted by molar-refractivity contribution is 6.28. The number of allylic oxidation sites excluding steroid dienone is 1. The first kappa shape index (κ1) is 18.4. The second kappa shape index (κ2) is 7.49. The lowest BCUT2D eigenvalue weighted by atomic mass is 9.99. The molecular weight excluding hydrogens is 340 g/mol. The van der Waals surface area contributed by atoms with Gasteiger partial charge in [-0.2, -0.15) is 4.91 Å². The molecule has 0 fully saturated rings. The lowest BCUT2D eigenvalue weighted by Crippen LogP contribution is -2.10. The van der Waals surface area contributed by atoms with E-state index in [1.807, 2.05) is 61.7 Å². The van der Waals surface area contributed by atoms with Crippen LogP contribution in [0.25, 0.3) is 16.9 Å². The molecule has 3 aromatic rings. The molecule has 0 amide bonds. The minimum absolute atomic E-state index is 0.0608. The third-order valence-electron chi connectivity index (χ3n) is 4.55. The maximum Gasteiger partial charge on any atom is 0.137 e. The Bertz CT molecular complexity index is 1080. The van der Waals surface area contributed by atoms with Crippen LogP contribution >= 0.6 is 0 Å². The van der Waals surface area contributed by atoms with E-state index in [1.54, 1.807) is 7.05 Å². The van der Waals surface area contributed by atoms with Gasteiger partial charge in [-0.3, -0.25) is 9.98 Å². The number of nitroso groups, excluding NO2 is 1. The first-order chi connectivity index (χ1) is 13.0. The van der Waals surface area contributed by atoms with Crippen molar-refractivity contribution in [2.45, 2.75) is 27.3 Å². The van der Waals surface area contributed by atoms with Crippen LogP contribution in [-0.4, -0.2) is 27.1 Å². The van der Waals surface area contributed by atoms with Gasteiger partial charge < -0.3 is 10.1 Å². The Balaban J connectivity index is 2.26. The molecule has 0 aliphatic rings. The van der Waals surface area contributed by atoms with E-state index in [4.69, 9.17) is 5.73 Å². The van der Waals surface area contributed by atoms with Crippen LogP contribution in [0.2, 0.25) is 0 Å². The summed E-state index contributed by atoms with van der Waals surface area (Å²) < 4.78 is 1.88. The van der Waals surface area contributed by atoms with E-state index in [-0.39, 0.29) is 6.54 Å². The van der Waals surface area contributed by atoms with E-state index < -0.39 is 0 Å². The second-order valence-electron chi connectivity index (χ2n) is 6.34. The number of nitrogens with two attached hydrogens (primary N) is 1. The summed E-state index contributed by atoms with van der Waals surface area (Å²) in [6, 6.07) is 9.59. The predicted octanol–water partition coefficient (Wildman–Crippen LogP) is 3.53. The van der Waals surface area contributed by atoms with Crippen LogP contribution in [0.3, 0.4) is 0 Å². The molecule has 0 radical (unpaired) electrons. The van der Waals surface area contributed by atoms with Crippen LogP contribution in [-0.2, 0) is 6.54 Å². The monoisotopic (exact) mass is 362 g/mol. The average molecular weight is 362 g/mol. The van der Waals surface area contributed by atoms with Crippen molar-refractivity contribution in [2.75, 3.05) is 7.05 Å². The van der Waals surface area contributed by atoms with Gasteiger partial charge in [0.2, 0.25) is 0 Å². The van der Waals surface area contributed by atoms with Crippen LogP contribution < -0.4 is 5.73 Å². The Morgan fingerprint density at radius 2 is 1.96 bits per heavy atom. The molecule has 0 atom stereocenters. The summed E-state index contributed by atoms with van der Waals surface area (Å²) in [6.45, 7) is 5.77. The molecule has 0 aromatic carbocycles. The molecule has 3 heterocycles. The summed E-state index contributed by atoms with van der Waals surface area (Å²) in [4.78, 5) is 24.2. The number of hydrogen-bond acceptors (Lipinski definition) is 6. The van der Waals surface area contributed by atoms with Crippen LogP contribution in [0, 0.1) is 18.8 Å². The number of aliphatic imine (C=N–C) groups is 1. The summed E-state index contributed by atoms with van der Waals surface area (Å²) in [5, 5.41) is 3.03. The van der Waals surface area contributed by atoms with Crippen molar-refractivity contribution < 1.29 is 0 Å². The van der Waals surface area contributed by atoms with Gasteiger partial charge in [0, 0.05) is 35.8 Å². The summed E-state index contributed by atoms with van der Waals surface area (Å²) in [5.41, 5.74) is 13.4. The Kier molecular flexibility index (Phi) is 5.12. The lowest BCUT2D eigenvalue weighted by molar-refractivity contribution is 0.935. The van der Waals surface area contributed by atoms with Gasteiger partial charge in [-0.15, -0.1) is 0 Å². The number of pyridine rings is 2. The van der Waals surface area contributed by atoms with Crippen molar-refractivity contribution in [1.29, 1.82) is 0 Å². The first-order valence-corrected chi connectivity index (χ1v) is 8.61. The number of aryl methyl sites for hydroxylation is 2. The van der Waals surface area contributed by atoms with E-state index in [0.29, 0.717) is 11.4 Å². The Morgan fingerprint density at radius 3 is 2.63 bits per heavy atom. The van der Waals surface area contributed by atoms with E-state index >= 15 is 0 Å². The van der Waals surface area contributed by atoms with Crippen molar-refractivity contribution in [3.8, 4) is 0 Å². The van der Waals surface area contributed by atoms with Gasteiger partial charge in [0.1, 0.15) is 12.2 Å². The van der Waals surface area contributed by atoms with Crippen LogP contribution in [0.4, 0.5) is 0 Å². The number of hydrogen-bond donors (Lipinski definition) is 1. The minimum atomic E-state index is 0.0608. The van der Waals surface area contributed by atoms with Crippen molar-refractivity contribution in [2.24, 2.45) is 15.9 Å². The molecule has 0 saturated heterocycles. The number of imidazole rings is 1. The van der Waals surface area contributed by atoms with Crippen LogP contribution in [0.15, 0.2) is 46.7 Å². The molecule has 138 valence electrons. The smallest absolute Gasteiger partial charge is 0.137 e. The highest BCUT2D eigenvalue weighted by Gasteiger charge is 2.16. The van der Waals surface area contributed by atoms with Crippen LogP contribution in [0.1, 0.15) is 35.3 Å². The fourth-order valence-corrected chi connectivity index (χ4v) is 3.10. The molecule has 0 unspecified atom stereocenters. The first-order valence-electron chi connectivity index (χ1n) is 8.61. The van der Waals surface area contributed by atoms with E-state index in [1.165, 1.54) is 0 Å². The minimum Gasteiger partial charge on any atom is -0.396 e. The van der Waals surface area contributed by atoms with Gasteiger partial charge in [-0.25, -0.2) is 4.98 Å². The Hall–Kier alpha value is -3.35. The SMILES string of the molecule is CN=C(C)C(=C(N)c1cccc(C)n1)c1ccc2nc(C)c(CN=O)n2c1. The lowest BCUT2D eigenvalue weighted by Gasteiger charge is -2.13. The fourth-order valence-electron chi connectivity index (χ4n) is 3.10. The highest BCUT2D eigenvalue weighted by atomic mass is 16.3. The normalized spacial score (nSPS) is 13.0. The largest absolute Gasteiger partial charge is 0.396 e. The van der Waals surface area contributed by atoms with Gasteiger partial charge in [0.05, 0.1) is 22.8 Å². The molecule has 0 bridgehead atoms. The number of aromatic nitrogens is 3. The molecule has 0 aliphatic carbocycles. The zero-order valence-corrected chi connectivity index (χ0v) is 15.9. The Morgan fingerprint density at radius 1 is 1.19 bits per heavy atom. The Labute approximate surface area is 157 Å². The summed E-state index contributed by atoms with van der Waals surface area (Å²) in [7, 11) is 1.73. The molecule has 7 nitrogen and oxygen atoms in total. The molecular formula is C20H22N6O. The van der Waals surface area contributed by atoms with Gasteiger partial charge in [0.25, 0.3) is 0 Å². The summed E-state index contributed by atoms with van der Waals surface area (Å²) in [6.07, 6.45) is 1.92.